The highest BCUT2D eigenvalue weighted by Crippen LogP contribution is 2.30. The summed E-state index contributed by atoms with van der Waals surface area (Å²) in [4.78, 5) is 0. The van der Waals surface area contributed by atoms with Crippen LogP contribution in [0.3, 0.4) is 0 Å². The molecule has 0 aromatic heterocycles. The molecular weight excluding hydrogens is 206 g/mol. The van der Waals surface area contributed by atoms with Crippen LogP contribution < -0.4 is 15.2 Å². The van der Waals surface area contributed by atoms with Crippen molar-refractivity contribution in [1.82, 2.24) is 0 Å². The van der Waals surface area contributed by atoms with Crippen LogP contribution in [0.4, 0.5) is 0 Å². The number of ether oxygens (including phenoxy) is 3. The third-order valence-corrected chi connectivity index (χ3v) is 2.40. The molecule has 4 heteroatoms. The molecule has 16 heavy (non-hydrogen) atoms. The van der Waals surface area contributed by atoms with E-state index in [4.69, 9.17) is 19.9 Å². The van der Waals surface area contributed by atoms with Gasteiger partial charge in [0.15, 0.2) is 11.5 Å². The molecule has 0 fully saturated rings. The number of benzene rings is 1. The lowest BCUT2D eigenvalue weighted by molar-refractivity contribution is 0.144. The third-order valence-electron chi connectivity index (χ3n) is 2.40. The van der Waals surface area contributed by atoms with Crippen LogP contribution in [0, 0.1) is 0 Å². The quantitative estimate of drug-likeness (QED) is 0.756. The Labute approximate surface area is 95.3 Å². The maximum absolute atomic E-state index is 5.51. The van der Waals surface area contributed by atoms with E-state index in [9.17, 15) is 0 Å². The van der Waals surface area contributed by atoms with Crippen molar-refractivity contribution in [2.75, 3.05) is 33.0 Å². The second-order valence-corrected chi connectivity index (χ2v) is 3.63. The molecule has 0 amide bonds. The van der Waals surface area contributed by atoms with Crippen LogP contribution >= 0.6 is 0 Å². The Balaban J connectivity index is 1.90. The molecule has 0 saturated carbocycles. The van der Waals surface area contributed by atoms with E-state index in [2.05, 4.69) is 0 Å². The topological polar surface area (TPSA) is 53.7 Å². The molecule has 0 bridgehead atoms. The SMILES string of the molecule is NCCOCCc1ccc2c(c1)OCCO2. The average molecular weight is 223 g/mol. The van der Waals surface area contributed by atoms with Crippen LogP contribution in [0.25, 0.3) is 0 Å². The summed E-state index contributed by atoms with van der Waals surface area (Å²) >= 11 is 0. The summed E-state index contributed by atoms with van der Waals surface area (Å²) in [6.45, 7) is 3.13. The first-order valence-corrected chi connectivity index (χ1v) is 5.56. The highest BCUT2D eigenvalue weighted by molar-refractivity contribution is 5.43. The molecule has 0 spiro atoms. The standard InChI is InChI=1S/C12H17NO3/c13-4-6-14-5-3-10-1-2-11-12(9-10)16-8-7-15-11/h1-2,9H,3-8,13H2. The molecule has 4 nitrogen and oxygen atoms in total. The molecule has 88 valence electrons. The molecule has 2 rings (SSSR count). The van der Waals surface area contributed by atoms with Crippen LogP contribution in [-0.4, -0.2) is 33.0 Å². The van der Waals surface area contributed by atoms with Crippen molar-refractivity contribution < 1.29 is 14.2 Å². The second-order valence-electron chi connectivity index (χ2n) is 3.63. The van der Waals surface area contributed by atoms with Gasteiger partial charge in [-0.05, 0) is 24.1 Å². The maximum Gasteiger partial charge on any atom is 0.161 e. The van der Waals surface area contributed by atoms with E-state index in [1.807, 2.05) is 18.2 Å². The molecule has 0 radical (unpaired) electrons. The van der Waals surface area contributed by atoms with Crippen LogP contribution in [0.5, 0.6) is 11.5 Å². The highest BCUT2D eigenvalue weighted by atomic mass is 16.6. The number of rotatable bonds is 5. The number of fused-ring (bicyclic) bond motifs is 1. The first-order valence-electron chi connectivity index (χ1n) is 5.56. The molecule has 0 unspecified atom stereocenters. The van der Waals surface area contributed by atoms with Crippen molar-refractivity contribution in [1.29, 1.82) is 0 Å². The van der Waals surface area contributed by atoms with E-state index in [0.29, 0.717) is 33.0 Å². The van der Waals surface area contributed by atoms with Crippen LogP contribution in [0.15, 0.2) is 18.2 Å². The summed E-state index contributed by atoms with van der Waals surface area (Å²) in [6, 6.07) is 6.01. The zero-order valence-corrected chi connectivity index (χ0v) is 9.28. The summed E-state index contributed by atoms with van der Waals surface area (Å²) < 4.78 is 16.3. The Morgan fingerprint density at radius 3 is 2.75 bits per heavy atom. The molecule has 1 aromatic carbocycles. The molecule has 0 aliphatic carbocycles. The van der Waals surface area contributed by atoms with Crippen LogP contribution in [0.1, 0.15) is 5.56 Å². The summed E-state index contributed by atoms with van der Waals surface area (Å²) in [5.74, 6) is 1.67. The lowest BCUT2D eigenvalue weighted by atomic mass is 10.1. The smallest absolute Gasteiger partial charge is 0.161 e. The maximum atomic E-state index is 5.51. The van der Waals surface area contributed by atoms with E-state index < -0.39 is 0 Å². The van der Waals surface area contributed by atoms with Gasteiger partial charge in [-0.1, -0.05) is 6.07 Å². The fourth-order valence-corrected chi connectivity index (χ4v) is 1.62. The van der Waals surface area contributed by atoms with Crippen molar-refractivity contribution in [2.24, 2.45) is 5.73 Å². The molecule has 2 N–H and O–H groups in total. The van der Waals surface area contributed by atoms with E-state index in [1.54, 1.807) is 0 Å². The Hall–Kier alpha value is -1.26. The van der Waals surface area contributed by atoms with Gasteiger partial charge in [-0.2, -0.15) is 0 Å². The fraction of sp³-hybridized carbons (Fsp3) is 0.500. The van der Waals surface area contributed by atoms with Crippen molar-refractivity contribution in [2.45, 2.75) is 6.42 Å². The number of nitrogens with two attached hydrogens (primary N) is 1. The summed E-state index contributed by atoms with van der Waals surface area (Å²) in [5.41, 5.74) is 6.53. The van der Waals surface area contributed by atoms with Gasteiger partial charge in [0.2, 0.25) is 0 Å². The largest absolute Gasteiger partial charge is 0.486 e. The fourth-order valence-electron chi connectivity index (χ4n) is 1.62. The summed E-state index contributed by atoms with van der Waals surface area (Å²) in [7, 11) is 0. The minimum Gasteiger partial charge on any atom is -0.486 e. The first-order chi connectivity index (χ1) is 7.90. The number of hydrogen-bond donors (Lipinski definition) is 1. The minimum absolute atomic E-state index is 0.571. The van der Waals surface area contributed by atoms with Crippen molar-refractivity contribution in [3.8, 4) is 11.5 Å². The van der Waals surface area contributed by atoms with Crippen molar-refractivity contribution >= 4 is 0 Å². The van der Waals surface area contributed by atoms with Gasteiger partial charge in [0.1, 0.15) is 13.2 Å². The van der Waals surface area contributed by atoms with E-state index in [0.717, 1.165) is 17.9 Å². The zero-order valence-electron chi connectivity index (χ0n) is 9.28. The van der Waals surface area contributed by atoms with E-state index in [1.165, 1.54) is 5.56 Å². The summed E-state index contributed by atoms with van der Waals surface area (Å²) in [6.07, 6.45) is 0.872. The van der Waals surface area contributed by atoms with Gasteiger partial charge in [-0.25, -0.2) is 0 Å². The predicted octanol–water partition coefficient (Wildman–Crippen LogP) is 0.976. The normalized spacial score (nSPS) is 13.8. The molecule has 1 aromatic rings. The molecule has 1 aliphatic heterocycles. The molecular formula is C12H17NO3. The van der Waals surface area contributed by atoms with E-state index >= 15 is 0 Å². The Bertz CT molecular complexity index is 341. The van der Waals surface area contributed by atoms with Gasteiger partial charge in [-0.3, -0.25) is 0 Å². The van der Waals surface area contributed by atoms with Gasteiger partial charge in [-0.15, -0.1) is 0 Å². The molecule has 0 atom stereocenters. The van der Waals surface area contributed by atoms with Crippen LogP contribution in [0.2, 0.25) is 0 Å². The summed E-state index contributed by atoms with van der Waals surface area (Å²) in [5, 5.41) is 0. The Kier molecular flexibility index (Phi) is 4.02. The zero-order chi connectivity index (χ0) is 11.2. The lowest BCUT2D eigenvalue weighted by Crippen LogP contribution is -2.15. The van der Waals surface area contributed by atoms with Gasteiger partial charge < -0.3 is 19.9 Å². The highest BCUT2D eigenvalue weighted by Gasteiger charge is 2.11. The van der Waals surface area contributed by atoms with Crippen molar-refractivity contribution in [3.05, 3.63) is 23.8 Å². The Morgan fingerprint density at radius 1 is 1.12 bits per heavy atom. The monoisotopic (exact) mass is 223 g/mol. The molecule has 0 saturated heterocycles. The molecule has 1 aliphatic rings. The van der Waals surface area contributed by atoms with Crippen molar-refractivity contribution in [3.63, 3.8) is 0 Å². The predicted molar refractivity (Wildman–Crippen MR) is 61.0 cm³/mol. The van der Waals surface area contributed by atoms with E-state index in [-0.39, 0.29) is 0 Å². The molecule has 1 heterocycles. The van der Waals surface area contributed by atoms with Gasteiger partial charge in [0.25, 0.3) is 0 Å². The first kappa shape index (κ1) is 11.2. The van der Waals surface area contributed by atoms with Crippen LogP contribution in [-0.2, 0) is 11.2 Å². The van der Waals surface area contributed by atoms with Gasteiger partial charge in [0.05, 0.1) is 13.2 Å². The minimum atomic E-state index is 0.571. The second kappa shape index (κ2) is 5.72. The Morgan fingerprint density at radius 2 is 1.94 bits per heavy atom. The third kappa shape index (κ3) is 2.87. The lowest BCUT2D eigenvalue weighted by Gasteiger charge is -2.18. The average Bonchev–Trinajstić information content (AvgIpc) is 2.34. The number of hydrogen-bond acceptors (Lipinski definition) is 4. The van der Waals surface area contributed by atoms with Gasteiger partial charge in [0, 0.05) is 6.54 Å². The van der Waals surface area contributed by atoms with Gasteiger partial charge >= 0.3 is 0 Å².